The van der Waals surface area contributed by atoms with Gasteiger partial charge in [-0.05, 0) is 45.4 Å². The predicted octanol–water partition coefficient (Wildman–Crippen LogP) is 3.12. The Morgan fingerprint density at radius 3 is 2.67 bits per heavy atom. The average Bonchev–Trinajstić information content (AvgIpc) is 3.55. The molecule has 0 aromatic heterocycles. The molecule has 3 amide bonds. The minimum atomic E-state index is -1.15. The van der Waals surface area contributed by atoms with Crippen molar-refractivity contribution < 1.29 is 33.8 Å². The van der Waals surface area contributed by atoms with Gasteiger partial charge in [0.2, 0.25) is 17.7 Å². The highest BCUT2D eigenvalue weighted by atomic mass is 79.9. The number of likely N-dealkylation sites (tertiary alicyclic amines) is 1. The number of fused-ring (bicyclic) bond motifs is 1. The van der Waals surface area contributed by atoms with E-state index in [4.69, 9.17) is 9.47 Å². The fourth-order valence-corrected chi connectivity index (χ4v) is 7.50. The number of aliphatic hydroxyl groups excluding tert-OH is 1. The molecule has 3 aliphatic heterocycles. The van der Waals surface area contributed by atoms with Crippen LogP contribution in [0.5, 0.6) is 0 Å². The quantitative estimate of drug-likeness (QED) is 0.0950. The molecule has 3 rings (SSSR count). The number of amides is 3. The molecule has 0 aromatic rings. The van der Waals surface area contributed by atoms with Crippen molar-refractivity contribution in [3.8, 4) is 0 Å². The summed E-state index contributed by atoms with van der Waals surface area (Å²) in [5, 5.41) is 12.0. The number of hydrogen-bond donors (Lipinski definition) is 2. The van der Waals surface area contributed by atoms with Crippen LogP contribution in [0.4, 0.5) is 0 Å². The Kier molecular flexibility index (Phi) is 13.1. The lowest BCUT2D eigenvalue weighted by molar-refractivity contribution is -0.159. The number of nitrogens with one attached hydrogen (secondary N) is 1. The van der Waals surface area contributed by atoms with Crippen LogP contribution >= 0.6 is 15.9 Å². The Morgan fingerprint density at radius 1 is 1.24 bits per heavy atom. The number of unbranched alkanes of at least 4 members (excludes halogenated alkanes) is 4. The maximum Gasteiger partial charge on any atom is 0.312 e. The molecule has 0 aliphatic carbocycles. The number of ether oxygens (including phenoxy) is 2. The number of hydrogen-bond acceptors (Lipinski definition) is 7. The summed E-state index contributed by atoms with van der Waals surface area (Å²) in [5.41, 5.74) is -1.15. The zero-order valence-electron chi connectivity index (χ0n) is 25.1. The van der Waals surface area contributed by atoms with Crippen LogP contribution in [0.15, 0.2) is 25.3 Å². The van der Waals surface area contributed by atoms with Crippen LogP contribution in [0, 0.1) is 11.8 Å². The number of allylic oxidation sites excluding steroid dienone is 1. The van der Waals surface area contributed by atoms with Gasteiger partial charge in [0, 0.05) is 37.5 Å². The van der Waals surface area contributed by atoms with Crippen molar-refractivity contribution in [2.45, 2.75) is 100 Å². The second-order valence-corrected chi connectivity index (χ2v) is 12.8. The van der Waals surface area contributed by atoms with E-state index in [0.717, 1.165) is 19.3 Å². The lowest BCUT2D eigenvalue weighted by Crippen LogP contribution is -2.57. The van der Waals surface area contributed by atoms with E-state index in [0.29, 0.717) is 58.2 Å². The molecule has 3 aliphatic rings. The molecule has 0 saturated carbocycles. The van der Waals surface area contributed by atoms with Crippen LogP contribution in [0.1, 0.15) is 71.6 Å². The fraction of sp³-hybridized carbons (Fsp3) is 0.742. The highest BCUT2D eigenvalue weighted by Crippen LogP contribution is 2.60. The summed E-state index contributed by atoms with van der Waals surface area (Å²) < 4.78 is 12.3. The van der Waals surface area contributed by atoms with E-state index < -0.39 is 41.7 Å². The number of halogens is 1. The van der Waals surface area contributed by atoms with Gasteiger partial charge in [0.15, 0.2) is 0 Å². The molecule has 1 unspecified atom stereocenters. The third kappa shape index (κ3) is 7.45. The summed E-state index contributed by atoms with van der Waals surface area (Å²) >= 11 is 3.69. The Labute approximate surface area is 258 Å². The molecule has 7 atom stereocenters. The van der Waals surface area contributed by atoms with Crippen molar-refractivity contribution in [2.24, 2.45) is 11.8 Å². The summed E-state index contributed by atoms with van der Waals surface area (Å²) in [6.45, 7) is 12.7. The maximum absolute atomic E-state index is 14.3. The van der Waals surface area contributed by atoms with Gasteiger partial charge < -0.3 is 29.7 Å². The van der Waals surface area contributed by atoms with Gasteiger partial charge in [-0.2, -0.15) is 0 Å². The topological polar surface area (TPSA) is 125 Å². The number of carbonyl (C=O) groups excluding carboxylic acids is 4. The number of alkyl halides is 1. The van der Waals surface area contributed by atoms with E-state index in [9.17, 15) is 24.3 Å². The zero-order chi connectivity index (χ0) is 30.9. The van der Waals surface area contributed by atoms with Gasteiger partial charge in [-0.1, -0.05) is 47.8 Å². The first-order valence-electron chi connectivity index (χ1n) is 15.4. The van der Waals surface area contributed by atoms with Crippen molar-refractivity contribution in [3.05, 3.63) is 25.3 Å². The third-order valence-electron chi connectivity index (χ3n) is 8.52. The van der Waals surface area contributed by atoms with E-state index >= 15 is 0 Å². The zero-order valence-corrected chi connectivity index (χ0v) is 26.7. The highest BCUT2D eigenvalue weighted by molar-refractivity contribution is 9.09. The van der Waals surface area contributed by atoms with Crippen LogP contribution in [-0.4, -0.2) is 100 Å². The first-order valence-corrected chi connectivity index (χ1v) is 16.3. The summed E-state index contributed by atoms with van der Waals surface area (Å²) in [7, 11) is 0. The molecule has 2 N–H and O–H groups in total. The molecule has 2 bridgehead atoms. The van der Waals surface area contributed by atoms with Gasteiger partial charge in [-0.25, -0.2) is 0 Å². The molecular weight excluding hydrogens is 606 g/mol. The van der Waals surface area contributed by atoms with E-state index in [-0.39, 0.29) is 35.7 Å². The first-order chi connectivity index (χ1) is 20.2. The monoisotopic (exact) mass is 653 g/mol. The molecule has 1 spiro atoms. The molecular formula is C31H48BrN3O7. The molecule has 0 aromatic carbocycles. The van der Waals surface area contributed by atoms with Gasteiger partial charge in [0.25, 0.3) is 0 Å². The Morgan fingerprint density at radius 2 is 2.00 bits per heavy atom. The van der Waals surface area contributed by atoms with Crippen LogP contribution < -0.4 is 5.32 Å². The fourth-order valence-electron chi connectivity index (χ4n) is 6.56. The molecule has 236 valence electrons. The Hall–Kier alpha value is -2.24. The van der Waals surface area contributed by atoms with Gasteiger partial charge in [-0.3, -0.25) is 19.2 Å². The van der Waals surface area contributed by atoms with Crippen LogP contribution in [0.3, 0.4) is 0 Å². The molecule has 10 nitrogen and oxygen atoms in total. The normalized spacial score (nSPS) is 28.3. The highest BCUT2D eigenvalue weighted by Gasteiger charge is 2.77. The van der Waals surface area contributed by atoms with E-state index in [1.54, 1.807) is 28.9 Å². The molecule has 11 heteroatoms. The maximum atomic E-state index is 14.3. The van der Waals surface area contributed by atoms with Crippen molar-refractivity contribution in [3.63, 3.8) is 0 Å². The van der Waals surface area contributed by atoms with Crippen LogP contribution in [0.2, 0.25) is 0 Å². The minimum Gasteiger partial charge on any atom is -0.460 e. The second-order valence-electron chi connectivity index (χ2n) is 11.6. The Bertz CT molecular complexity index is 994. The average molecular weight is 655 g/mol. The minimum absolute atomic E-state index is 0.0598. The molecule has 3 heterocycles. The lowest BCUT2D eigenvalue weighted by atomic mass is 9.70. The van der Waals surface area contributed by atoms with Crippen LogP contribution in [0.25, 0.3) is 0 Å². The van der Waals surface area contributed by atoms with E-state index in [2.05, 4.69) is 41.3 Å². The van der Waals surface area contributed by atoms with E-state index in [1.165, 1.54) is 0 Å². The van der Waals surface area contributed by atoms with Gasteiger partial charge >= 0.3 is 5.97 Å². The van der Waals surface area contributed by atoms with Crippen molar-refractivity contribution in [1.82, 2.24) is 15.1 Å². The number of rotatable bonds is 19. The van der Waals surface area contributed by atoms with E-state index in [1.807, 2.05) is 0 Å². The summed E-state index contributed by atoms with van der Waals surface area (Å²) in [6.07, 6.45) is 8.18. The molecule has 3 fully saturated rings. The standard InChI is InChI=1S/C31H48BrN3O7/c1-5-8-11-16-34(15-7-3)29(39)27-31-19-22(32)26(42-31)24(25(31)28(38)35(27)17-12-10-13-18-36)30(40)41-21(4)20-33-23(37)14-9-6-2/h6-7,21-22,24-27,36H,2-3,5,8-20H2,1,4H3,(H,33,37)/t21-,22?,24-,25+,26-,27-,31+/m1/s1. The van der Waals surface area contributed by atoms with Gasteiger partial charge in [-0.15, -0.1) is 13.2 Å². The molecule has 42 heavy (non-hydrogen) atoms. The SMILES string of the molecule is C=CCCC(=O)NC[C@@H](C)OC(=O)[C@H]1[C@@H]2O[C@@]3(CC2Br)[C@@H]1C(=O)N(CCCCCO)[C@@H]3C(=O)N(CC=C)CCCCC. The third-order valence-corrected chi connectivity index (χ3v) is 9.37. The summed E-state index contributed by atoms with van der Waals surface area (Å²) in [4.78, 5) is 57.2. The summed E-state index contributed by atoms with van der Waals surface area (Å²) in [6, 6.07) is -0.866. The number of carbonyl (C=O) groups is 4. The number of aliphatic hydroxyl groups is 1. The summed E-state index contributed by atoms with van der Waals surface area (Å²) in [5.74, 6) is -2.89. The number of esters is 1. The smallest absolute Gasteiger partial charge is 0.312 e. The van der Waals surface area contributed by atoms with Crippen LogP contribution in [-0.2, 0) is 28.7 Å². The second kappa shape index (κ2) is 16.0. The largest absolute Gasteiger partial charge is 0.460 e. The number of nitrogens with zero attached hydrogens (tertiary/aromatic N) is 2. The van der Waals surface area contributed by atoms with Gasteiger partial charge in [0.1, 0.15) is 17.7 Å². The van der Waals surface area contributed by atoms with Gasteiger partial charge in [0.05, 0.1) is 24.5 Å². The van der Waals surface area contributed by atoms with Crippen molar-refractivity contribution >= 4 is 39.6 Å². The molecule has 0 radical (unpaired) electrons. The molecule has 3 saturated heterocycles. The van der Waals surface area contributed by atoms with Crippen molar-refractivity contribution in [2.75, 3.05) is 32.8 Å². The Balaban J connectivity index is 1.86. The predicted molar refractivity (Wildman–Crippen MR) is 163 cm³/mol. The lowest BCUT2D eigenvalue weighted by Gasteiger charge is -2.37. The first kappa shape index (κ1) is 34.3. The van der Waals surface area contributed by atoms with Crippen molar-refractivity contribution in [1.29, 1.82) is 0 Å².